The summed E-state index contributed by atoms with van der Waals surface area (Å²) in [6, 6.07) is 3.63. The molecule has 1 aromatic carbocycles. The Morgan fingerprint density at radius 3 is 2.70 bits per heavy atom. The number of hydrogen-bond acceptors (Lipinski definition) is 6. The molecule has 1 unspecified atom stereocenters. The second-order valence-electron chi connectivity index (χ2n) is 9.03. The van der Waals surface area contributed by atoms with Crippen LogP contribution < -0.4 is 15.4 Å². The van der Waals surface area contributed by atoms with Gasteiger partial charge in [-0.05, 0) is 45.4 Å². The molecule has 0 radical (unpaired) electrons. The van der Waals surface area contributed by atoms with Crippen LogP contribution in [0.3, 0.4) is 0 Å². The average Bonchev–Trinajstić information content (AvgIpc) is 2.76. The number of halogens is 1. The molecule has 9 nitrogen and oxygen atoms in total. The van der Waals surface area contributed by atoms with Crippen LogP contribution >= 0.6 is 0 Å². The highest BCUT2D eigenvalue weighted by Gasteiger charge is 2.28. The van der Waals surface area contributed by atoms with Gasteiger partial charge in [0.25, 0.3) is 5.91 Å². The molecule has 10 heteroatoms. The van der Waals surface area contributed by atoms with Gasteiger partial charge in [-0.3, -0.25) is 9.59 Å². The highest BCUT2D eigenvalue weighted by Crippen LogP contribution is 2.22. The summed E-state index contributed by atoms with van der Waals surface area (Å²) in [5.74, 6) is -0.786. The van der Waals surface area contributed by atoms with E-state index in [-0.39, 0.29) is 36.0 Å². The fourth-order valence-corrected chi connectivity index (χ4v) is 3.32. The minimum Gasteiger partial charge on any atom is -0.491 e. The molecule has 1 saturated heterocycles. The van der Waals surface area contributed by atoms with E-state index in [0.717, 1.165) is 6.07 Å². The molecule has 1 aromatic rings. The number of rotatable bonds is 8. The quantitative estimate of drug-likeness (QED) is 0.608. The predicted molar refractivity (Wildman–Crippen MR) is 122 cm³/mol. The first-order valence-corrected chi connectivity index (χ1v) is 11.1. The molecular weight excluding hydrogens is 431 g/mol. The van der Waals surface area contributed by atoms with E-state index >= 15 is 0 Å². The van der Waals surface area contributed by atoms with E-state index in [0.29, 0.717) is 39.0 Å². The van der Waals surface area contributed by atoms with Crippen LogP contribution in [0, 0.1) is 5.82 Å². The first kappa shape index (κ1) is 26.4. The third-order valence-corrected chi connectivity index (χ3v) is 5.04. The molecule has 33 heavy (non-hydrogen) atoms. The second-order valence-corrected chi connectivity index (χ2v) is 9.03. The van der Waals surface area contributed by atoms with Crippen LogP contribution in [0.25, 0.3) is 0 Å². The summed E-state index contributed by atoms with van der Waals surface area (Å²) in [5, 5.41) is 5.82. The van der Waals surface area contributed by atoms with E-state index in [1.54, 1.807) is 19.0 Å². The van der Waals surface area contributed by atoms with Crippen LogP contribution in [-0.2, 0) is 9.53 Å². The van der Waals surface area contributed by atoms with Crippen molar-refractivity contribution in [3.8, 4) is 5.75 Å². The summed E-state index contributed by atoms with van der Waals surface area (Å²) in [6.07, 6.45) is 0.396. The number of carbonyl (C=O) groups excluding carboxylic acids is 3. The predicted octanol–water partition coefficient (Wildman–Crippen LogP) is 2.01. The van der Waals surface area contributed by atoms with Gasteiger partial charge in [-0.25, -0.2) is 9.18 Å². The maximum atomic E-state index is 13.9. The summed E-state index contributed by atoms with van der Waals surface area (Å²) in [7, 11) is 3.16. The molecule has 0 saturated carbocycles. The largest absolute Gasteiger partial charge is 0.491 e. The lowest BCUT2D eigenvalue weighted by Gasteiger charge is -2.34. The summed E-state index contributed by atoms with van der Waals surface area (Å²) in [6.45, 7) is 7.47. The summed E-state index contributed by atoms with van der Waals surface area (Å²) in [4.78, 5) is 39.7. The molecule has 2 rings (SSSR count). The van der Waals surface area contributed by atoms with Crippen molar-refractivity contribution >= 4 is 17.9 Å². The number of amides is 3. The first-order chi connectivity index (χ1) is 15.5. The molecule has 3 amide bonds. The van der Waals surface area contributed by atoms with Crippen molar-refractivity contribution < 1.29 is 28.2 Å². The van der Waals surface area contributed by atoms with Gasteiger partial charge in [0, 0.05) is 46.7 Å². The molecule has 1 heterocycles. The van der Waals surface area contributed by atoms with Crippen molar-refractivity contribution in [2.24, 2.45) is 0 Å². The molecule has 1 atom stereocenters. The van der Waals surface area contributed by atoms with Crippen LogP contribution in [0.2, 0.25) is 0 Å². The van der Waals surface area contributed by atoms with Gasteiger partial charge in [0.05, 0.1) is 11.6 Å². The molecule has 0 spiro atoms. The van der Waals surface area contributed by atoms with Crippen molar-refractivity contribution in [1.29, 1.82) is 0 Å². The van der Waals surface area contributed by atoms with Gasteiger partial charge in [-0.1, -0.05) is 0 Å². The van der Waals surface area contributed by atoms with Gasteiger partial charge in [0.15, 0.2) is 0 Å². The zero-order valence-electron chi connectivity index (χ0n) is 20.1. The van der Waals surface area contributed by atoms with Gasteiger partial charge in [0.2, 0.25) is 5.91 Å². The van der Waals surface area contributed by atoms with Gasteiger partial charge in [-0.2, -0.15) is 0 Å². The Hall–Kier alpha value is -2.88. The molecule has 0 aromatic heterocycles. The average molecular weight is 467 g/mol. The van der Waals surface area contributed by atoms with Crippen molar-refractivity contribution in [2.75, 3.05) is 46.9 Å². The lowest BCUT2D eigenvalue weighted by molar-refractivity contribution is -0.120. The van der Waals surface area contributed by atoms with Crippen LogP contribution in [0.4, 0.5) is 9.18 Å². The minimum atomic E-state index is -0.580. The summed E-state index contributed by atoms with van der Waals surface area (Å²) >= 11 is 0. The Balaban J connectivity index is 1.98. The molecule has 1 aliphatic heterocycles. The Bertz CT molecular complexity index is 843. The van der Waals surface area contributed by atoms with Crippen LogP contribution in [0.15, 0.2) is 18.2 Å². The van der Waals surface area contributed by atoms with Crippen LogP contribution in [0.1, 0.15) is 44.0 Å². The SMILES string of the molecule is CNC(=O)CCCN(C)C(=O)c1cc(F)ccc1OCC1CN(C(=O)OC(C)(C)C)CCN1. The zero-order chi connectivity index (χ0) is 24.6. The minimum absolute atomic E-state index is 0.106. The monoisotopic (exact) mass is 466 g/mol. The third kappa shape index (κ3) is 8.53. The molecular formula is C23H35FN4O5. The van der Waals surface area contributed by atoms with E-state index in [1.165, 1.54) is 17.0 Å². The molecule has 0 aliphatic carbocycles. The lowest BCUT2D eigenvalue weighted by atomic mass is 10.1. The standard InChI is InChI=1S/C23H35FN4O5/c1-23(2,3)33-22(31)28-12-10-26-17(14-28)15-32-19-9-8-16(24)13-18(19)21(30)27(5)11-6-7-20(29)25-4/h8-9,13,17,26H,6-7,10-12,14-15H2,1-5H3,(H,25,29). The number of nitrogens with zero attached hydrogens (tertiary/aromatic N) is 2. The van der Waals surface area contributed by atoms with Gasteiger partial charge < -0.3 is 29.9 Å². The number of nitrogens with one attached hydrogen (secondary N) is 2. The van der Waals surface area contributed by atoms with Gasteiger partial charge in [0.1, 0.15) is 23.8 Å². The molecule has 2 N–H and O–H groups in total. The Kier molecular flexibility index (Phi) is 9.45. The molecule has 1 aliphatic rings. The maximum Gasteiger partial charge on any atom is 0.410 e. The highest BCUT2D eigenvalue weighted by atomic mass is 19.1. The summed E-state index contributed by atoms with van der Waals surface area (Å²) < 4.78 is 25.2. The number of benzene rings is 1. The summed E-state index contributed by atoms with van der Waals surface area (Å²) in [5.41, 5.74) is -0.471. The van der Waals surface area contributed by atoms with E-state index < -0.39 is 17.3 Å². The van der Waals surface area contributed by atoms with Crippen molar-refractivity contribution in [2.45, 2.75) is 45.3 Å². The Morgan fingerprint density at radius 1 is 1.30 bits per heavy atom. The van der Waals surface area contributed by atoms with E-state index in [4.69, 9.17) is 9.47 Å². The first-order valence-electron chi connectivity index (χ1n) is 11.1. The Morgan fingerprint density at radius 2 is 2.03 bits per heavy atom. The van der Waals surface area contributed by atoms with E-state index in [2.05, 4.69) is 10.6 Å². The third-order valence-electron chi connectivity index (χ3n) is 5.04. The lowest BCUT2D eigenvalue weighted by Crippen LogP contribution is -2.55. The zero-order valence-corrected chi connectivity index (χ0v) is 20.1. The smallest absolute Gasteiger partial charge is 0.410 e. The van der Waals surface area contributed by atoms with Crippen LogP contribution in [-0.4, -0.2) is 86.2 Å². The van der Waals surface area contributed by atoms with E-state index in [9.17, 15) is 18.8 Å². The van der Waals surface area contributed by atoms with Gasteiger partial charge >= 0.3 is 6.09 Å². The van der Waals surface area contributed by atoms with E-state index in [1.807, 2.05) is 20.8 Å². The number of carbonyl (C=O) groups is 3. The topological polar surface area (TPSA) is 100 Å². The second kappa shape index (κ2) is 11.8. The van der Waals surface area contributed by atoms with Gasteiger partial charge in [-0.15, -0.1) is 0 Å². The van der Waals surface area contributed by atoms with Crippen molar-refractivity contribution in [3.05, 3.63) is 29.6 Å². The normalized spacial score (nSPS) is 16.2. The molecule has 0 bridgehead atoms. The number of hydrogen-bond donors (Lipinski definition) is 2. The highest BCUT2D eigenvalue weighted by molar-refractivity contribution is 5.96. The van der Waals surface area contributed by atoms with Crippen molar-refractivity contribution in [3.63, 3.8) is 0 Å². The Labute approximate surface area is 194 Å². The van der Waals surface area contributed by atoms with Crippen molar-refractivity contribution in [1.82, 2.24) is 20.4 Å². The number of ether oxygens (including phenoxy) is 2. The molecule has 1 fully saturated rings. The van der Waals surface area contributed by atoms with Crippen LogP contribution in [0.5, 0.6) is 5.75 Å². The number of piperazine rings is 1. The maximum absolute atomic E-state index is 13.9. The fourth-order valence-electron chi connectivity index (χ4n) is 3.32. The molecule has 184 valence electrons. The fraction of sp³-hybridized carbons (Fsp3) is 0.609.